The summed E-state index contributed by atoms with van der Waals surface area (Å²) in [6.07, 6.45) is -0.645. The number of ether oxygens (including phenoxy) is 3. The van der Waals surface area contributed by atoms with Gasteiger partial charge >= 0.3 is 12.1 Å². The van der Waals surface area contributed by atoms with Crippen LogP contribution in [-0.2, 0) is 23.8 Å². The van der Waals surface area contributed by atoms with Crippen molar-refractivity contribution in [3.8, 4) is 0 Å². The first-order valence-corrected chi connectivity index (χ1v) is 7.68. The van der Waals surface area contributed by atoms with E-state index in [2.05, 4.69) is 10.1 Å². The van der Waals surface area contributed by atoms with E-state index in [0.717, 1.165) is 0 Å². The van der Waals surface area contributed by atoms with E-state index in [-0.39, 0.29) is 44.0 Å². The first-order valence-electron chi connectivity index (χ1n) is 6.55. The predicted octanol–water partition coefficient (Wildman–Crippen LogP) is 1.97. The molecule has 10 heteroatoms. The second kappa shape index (κ2) is 8.64. The molecule has 0 bridgehead atoms. The fourth-order valence-corrected chi connectivity index (χ4v) is 2.02. The van der Waals surface area contributed by atoms with Gasteiger partial charge in [-0.1, -0.05) is 34.8 Å². The number of hydrogen-bond donors (Lipinski definition) is 1. The van der Waals surface area contributed by atoms with Crippen molar-refractivity contribution in [1.29, 1.82) is 0 Å². The topological polar surface area (TPSA) is 90.9 Å². The molecule has 126 valence electrons. The van der Waals surface area contributed by atoms with Crippen molar-refractivity contribution in [2.24, 2.45) is 5.92 Å². The van der Waals surface area contributed by atoms with Gasteiger partial charge in [0, 0.05) is 0 Å². The molecule has 0 aromatic carbocycles. The Bertz CT molecular complexity index is 426. The van der Waals surface area contributed by atoms with E-state index in [4.69, 9.17) is 44.3 Å². The lowest BCUT2D eigenvalue weighted by molar-refractivity contribution is -0.147. The van der Waals surface area contributed by atoms with E-state index in [1.165, 1.54) is 0 Å². The number of nitrogens with one attached hydrogen (secondary N) is 1. The zero-order valence-corrected chi connectivity index (χ0v) is 14.0. The standard InChI is InChI=1S/C12H16Cl3NO6/c1-2-20-9(17)5-8-7(10(18)16-8)3-4-21-11(19)22-6-12(13,14)15/h7-8H,2-6H2,1H3,(H,16,18)/t7-,8+/m0/s1. The smallest absolute Gasteiger partial charge is 0.466 e. The summed E-state index contributed by atoms with van der Waals surface area (Å²) in [4.78, 5) is 34.0. The minimum absolute atomic E-state index is 0.0455. The number of alkyl halides is 3. The van der Waals surface area contributed by atoms with Crippen molar-refractivity contribution in [3.05, 3.63) is 0 Å². The third kappa shape index (κ3) is 6.89. The Morgan fingerprint density at radius 2 is 1.91 bits per heavy atom. The maximum absolute atomic E-state index is 11.4. The van der Waals surface area contributed by atoms with E-state index in [1.54, 1.807) is 6.92 Å². The van der Waals surface area contributed by atoms with Gasteiger partial charge in [0.25, 0.3) is 0 Å². The highest BCUT2D eigenvalue weighted by Crippen LogP contribution is 2.26. The van der Waals surface area contributed by atoms with Crippen LogP contribution in [0.25, 0.3) is 0 Å². The van der Waals surface area contributed by atoms with Crippen LogP contribution in [0.4, 0.5) is 4.79 Å². The fourth-order valence-electron chi connectivity index (χ4n) is 1.85. The highest BCUT2D eigenvalue weighted by atomic mass is 35.6. The maximum Gasteiger partial charge on any atom is 0.508 e. The number of β-lactam (4-membered cyclic amide) rings is 1. The summed E-state index contributed by atoms with van der Waals surface area (Å²) in [6, 6.07) is -0.313. The van der Waals surface area contributed by atoms with E-state index < -0.39 is 22.5 Å². The molecule has 0 aromatic heterocycles. The largest absolute Gasteiger partial charge is 0.508 e. The molecule has 0 aliphatic carbocycles. The van der Waals surface area contributed by atoms with Crippen LogP contribution in [0.2, 0.25) is 0 Å². The number of rotatable bonds is 7. The van der Waals surface area contributed by atoms with Crippen molar-refractivity contribution in [3.63, 3.8) is 0 Å². The van der Waals surface area contributed by atoms with Crippen molar-refractivity contribution >= 4 is 52.8 Å². The second-order valence-electron chi connectivity index (χ2n) is 4.52. The van der Waals surface area contributed by atoms with E-state index >= 15 is 0 Å². The molecule has 7 nitrogen and oxygen atoms in total. The van der Waals surface area contributed by atoms with Gasteiger partial charge < -0.3 is 19.5 Å². The zero-order valence-electron chi connectivity index (χ0n) is 11.8. The molecule has 1 amide bonds. The van der Waals surface area contributed by atoms with E-state index in [1.807, 2.05) is 0 Å². The molecule has 0 unspecified atom stereocenters. The average Bonchev–Trinajstić information content (AvgIpc) is 2.40. The molecule has 0 radical (unpaired) electrons. The van der Waals surface area contributed by atoms with Gasteiger partial charge in [-0.3, -0.25) is 9.59 Å². The van der Waals surface area contributed by atoms with Gasteiger partial charge in [0.2, 0.25) is 9.70 Å². The fraction of sp³-hybridized carbons (Fsp3) is 0.750. The Kier molecular flexibility index (Phi) is 7.52. The molecule has 1 N–H and O–H groups in total. The van der Waals surface area contributed by atoms with Gasteiger partial charge in [0.05, 0.1) is 31.6 Å². The van der Waals surface area contributed by atoms with Gasteiger partial charge in [-0.25, -0.2) is 4.79 Å². The Balaban J connectivity index is 2.24. The van der Waals surface area contributed by atoms with Gasteiger partial charge in [-0.2, -0.15) is 0 Å². The number of amides is 1. The van der Waals surface area contributed by atoms with Gasteiger partial charge in [-0.05, 0) is 13.3 Å². The predicted molar refractivity (Wildman–Crippen MR) is 78.9 cm³/mol. The second-order valence-corrected chi connectivity index (χ2v) is 7.04. The van der Waals surface area contributed by atoms with Crippen LogP contribution in [0.15, 0.2) is 0 Å². The summed E-state index contributed by atoms with van der Waals surface area (Å²) in [7, 11) is 0. The Labute approximate surface area is 142 Å². The monoisotopic (exact) mass is 375 g/mol. The van der Waals surface area contributed by atoms with E-state index in [9.17, 15) is 14.4 Å². The molecular weight excluding hydrogens is 360 g/mol. The molecule has 0 aromatic rings. The summed E-state index contributed by atoms with van der Waals surface area (Å²) in [5.74, 6) is -1.00. The Morgan fingerprint density at radius 3 is 2.45 bits per heavy atom. The van der Waals surface area contributed by atoms with Crippen LogP contribution in [0, 0.1) is 5.92 Å². The third-order valence-corrected chi connectivity index (χ3v) is 3.17. The molecule has 1 aliphatic rings. The van der Waals surface area contributed by atoms with Crippen LogP contribution < -0.4 is 5.32 Å². The van der Waals surface area contributed by atoms with Crippen LogP contribution in [0.1, 0.15) is 19.8 Å². The molecule has 1 aliphatic heterocycles. The lowest BCUT2D eigenvalue weighted by Gasteiger charge is -2.36. The van der Waals surface area contributed by atoms with Crippen LogP contribution in [-0.4, -0.2) is 47.7 Å². The summed E-state index contributed by atoms with van der Waals surface area (Å²) in [5, 5.41) is 2.60. The highest BCUT2D eigenvalue weighted by Gasteiger charge is 2.40. The Hall–Kier alpha value is -0.920. The lowest BCUT2D eigenvalue weighted by atomic mass is 9.86. The van der Waals surface area contributed by atoms with Crippen LogP contribution >= 0.6 is 34.8 Å². The third-order valence-electron chi connectivity index (χ3n) is 2.84. The van der Waals surface area contributed by atoms with Crippen LogP contribution in [0.3, 0.4) is 0 Å². The number of esters is 1. The summed E-state index contributed by atoms with van der Waals surface area (Å²) >= 11 is 16.2. The molecule has 1 fully saturated rings. The molecule has 1 saturated heterocycles. The van der Waals surface area contributed by atoms with Gasteiger partial charge in [0.15, 0.2) is 0 Å². The summed E-state index contributed by atoms with van der Waals surface area (Å²) < 4.78 is 12.4. The quantitative estimate of drug-likeness (QED) is 0.415. The number of carbonyl (C=O) groups is 3. The molecular formula is C12H16Cl3NO6. The molecule has 1 heterocycles. The average molecular weight is 377 g/mol. The molecule has 2 atom stereocenters. The molecule has 0 spiro atoms. The van der Waals surface area contributed by atoms with Gasteiger partial charge in [0.1, 0.15) is 6.61 Å². The highest BCUT2D eigenvalue weighted by molar-refractivity contribution is 6.67. The SMILES string of the molecule is CCOC(=O)C[C@H]1NC(=O)[C@H]1CCOC(=O)OCC(Cl)(Cl)Cl. The van der Waals surface area contributed by atoms with Crippen molar-refractivity contribution < 1.29 is 28.6 Å². The van der Waals surface area contributed by atoms with Crippen molar-refractivity contribution in [2.75, 3.05) is 19.8 Å². The normalized spacial score (nSPS) is 20.6. The summed E-state index contributed by atoms with van der Waals surface area (Å²) in [5.41, 5.74) is 0. The minimum Gasteiger partial charge on any atom is -0.466 e. The first-order chi connectivity index (χ1) is 10.2. The van der Waals surface area contributed by atoms with E-state index in [0.29, 0.717) is 0 Å². The number of carbonyl (C=O) groups excluding carboxylic acids is 3. The van der Waals surface area contributed by atoms with Crippen molar-refractivity contribution in [1.82, 2.24) is 5.32 Å². The minimum atomic E-state index is -1.71. The van der Waals surface area contributed by atoms with Crippen LogP contribution in [0.5, 0.6) is 0 Å². The first kappa shape index (κ1) is 19.1. The van der Waals surface area contributed by atoms with Gasteiger partial charge in [-0.15, -0.1) is 0 Å². The number of hydrogen-bond acceptors (Lipinski definition) is 6. The zero-order chi connectivity index (χ0) is 16.8. The van der Waals surface area contributed by atoms with Crippen molar-refractivity contribution in [2.45, 2.75) is 29.6 Å². The number of halogens is 3. The summed E-state index contributed by atoms with van der Waals surface area (Å²) in [6.45, 7) is 1.50. The molecule has 1 rings (SSSR count). The Morgan fingerprint density at radius 1 is 1.23 bits per heavy atom. The molecule has 22 heavy (non-hydrogen) atoms. The molecule has 0 saturated carbocycles. The maximum atomic E-state index is 11.4. The lowest BCUT2D eigenvalue weighted by Crippen LogP contribution is -2.59.